The number of amides is 1. The highest BCUT2D eigenvalue weighted by Crippen LogP contribution is 2.01. The third kappa shape index (κ3) is 13.4. The molecule has 2 heterocycles. The van der Waals surface area contributed by atoms with Crippen molar-refractivity contribution in [3.8, 4) is 5.88 Å². The van der Waals surface area contributed by atoms with Crippen LogP contribution < -0.4 is 15.6 Å². The maximum absolute atomic E-state index is 10.1. The van der Waals surface area contributed by atoms with Crippen molar-refractivity contribution in [2.24, 2.45) is 10.9 Å². The number of carbonyl (C=O) groups excluding carboxylic acids is 1. The number of nitrogens with two attached hydrogens (primary N) is 2. The first-order valence-electron chi connectivity index (χ1n) is 4.60. The quantitative estimate of drug-likeness (QED) is 0.478. The Balaban J connectivity index is 0.000000300. The van der Waals surface area contributed by atoms with Gasteiger partial charge in [0.15, 0.2) is 10.9 Å². The average Bonchev–Trinajstić information content (AvgIpc) is 2.87. The molecule has 0 aromatic carbocycles. The molecule has 0 fully saturated rings. The van der Waals surface area contributed by atoms with Crippen molar-refractivity contribution in [3.05, 3.63) is 36.8 Å². The number of nitrogens with one attached hydrogen (secondary N) is 1. The van der Waals surface area contributed by atoms with Gasteiger partial charge in [-0.2, -0.15) is 0 Å². The van der Waals surface area contributed by atoms with E-state index in [9.17, 15) is 4.79 Å². The highest BCUT2D eigenvalue weighted by molar-refractivity contribution is 7.69. The summed E-state index contributed by atoms with van der Waals surface area (Å²) in [5.74, 6) is 0.218. The Morgan fingerprint density at radius 1 is 1.32 bits per heavy atom. The van der Waals surface area contributed by atoms with Crippen LogP contribution in [0.4, 0.5) is 4.79 Å². The van der Waals surface area contributed by atoms with Crippen LogP contribution in [0.3, 0.4) is 0 Å². The molecular formula is C8H12N6O4S. The van der Waals surface area contributed by atoms with E-state index in [2.05, 4.69) is 30.3 Å². The summed E-state index contributed by atoms with van der Waals surface area (Å²) in [7, 11) is -2.62. The monoisotopic (exact) mass is 288 g/mol. The third-order valence-corrected chi connectivity index (χ3v) is 1.17. The molecule has 11 heteroatoms. The van der Waals surface area contributed by atoms with Gasteiger partial charge in [-0.05, 0) is 6.07 Å². The van der Waals surface area contributed by atoms with Gasteiger partial charge in [-0.1, -0.05) is 11.3 Å². The summed E-state index contributed by atoms with van der Waals surface area (Å²) in [6.45, 7) is 0. The third-order valence-electron chi connectivity index (χ3n) is 1.17. The Kier molecular flexibility index (Phi) is 9.20. The maximum atomic E-state index is 10.1. The number of aromatic nitrogens is 4. The molecule has 2 aromatic heterocycles. The van der Waals surface area contributed by atoms with Crippen LogP contribution in [0.1, 0.15) is 0 Å². The lowest BCUT2D eigenvalue weighted by molar-refractivity contribution is 0.209. The van der Waals surface area contributed by atoms with E-state index in [1.807, 2.05) is 0 Å². The molecule has 1 amide bonds. The zero-order valence-corrected chi connectivity index (χ0v) is 10.4. The lowest BCUT2D eigenvalue weighted by Gasteiger charge is -1.95. The van der Waals surface area contributed by atoms with Crippen LogP contribution in [-0.4, -0.2) is 34.9 Å². The van der Waals surface area contributed by atoms with Crippen LogP contribution in [0.5, 0.6) is 5.88 Å². The summed E-state index contributed by atoms with van der Waals surface area (Å²) >= 11 is 0. The van der Waals surface area contributed by atoms with Crippen molar-refractivity contribution >= 4 is 17.0 Å². The van der Waals surface area contributed by atoms with E-state index in [1.54, 1.807) is 30.6 Å². The first-order chi connectivity index (χ1) is 9.02. The molecule has 0 aliphatic rings. The van der Waals surface area contributed by atoms with Crippen molar-refractivity contribution in [2.45, 2.75) is 0 Å². The number of pyridine rings is 1. The first-order valence-corrected chi connectivity index (χ1v) is 5.85. The smallest absolute Gasteiger partial charge is 0.391 e. The van der Waals surface area contributed by atoms with E-state index >= 15 is 0 Å². The fourth-order valence-electron chi connectivity index (χ4n) is 0.677. The molecule has 0 radical (unpaired) electrons. The molecule has 104 valence electrons. The maximum Gasteiger partial charge on any atom is 0.411 e. The minimum atomic E-state index is -2.62. The van der Waals surface area contributed by atoms with E-state index in [4.69, 9.17) is 14.2 Å². The average molecular weight is 288 g/mol. The first kappa shape index (κ1) is 16.5. The van der Waals surface area contributed by atoms with Crippen LogP contribution >= 0.6 is 0 Å². The van der Waals surface area contributed by atoms with Crippen molar-refractivity contribution in [1.29, 1.82) is 0 Å². The molecule has 10 nitrogen and oxygen atoms in total. The molecule has 0 bridgehead atoms. The molecule has 0 unspecified atom stereocenters. The highest BCUT2D eigenvalue weighted by Gasteiger charge is 1.95. The normalized spacial score (nSPS) is 8.53. The second-order valence-electron chi connectivity index (χ2n) is 2.53. The predicted octanol–water partition coefficient (Wildman–Crippen LogP) is -1.18. The van der Waals surface area contributed by atoms with Crippen LogP contribution in [-0.2, 0) is 10.9 Å². The number of primary amides is 1. The molecule has 0 aliphatic carbocycles. The zero-order chi connectivity index (χ0) is 14.5. The van der Waals surface area contributed by atoms with Crippen molar-refractivity contribution in [2.75, 3.05) is 0 Å². The Morgan fingerprint density at radius 3 is 2.32 bits per heavy atom. The van der Waals surface area contributed by atoms with E-state index in [1.165, 1.54) is 6.20 Å². The molecular weight excluding hydrogens is 276 g/mol. The van der Waals surface area contributed by atoms with Gasteiger partial charge in [0, 0.05) is 18.5 Å². The molecule has 0 saturated heterocycles. The molecule has 2 aromatic rings. The predicted molar refractivity (Wildman–Crippen MR) is 65.3 cm³/mol. The minimum absolute atomic E-state index is 0.218. The second-order valence-corrected chi connectivity index (χ2v) is 3.11. The number of aromatic amines is 1. The van der Waals surface area contributed by atoms with Crippen molar-refractivity contribution in [1.82, 2.24) is 20.4 Å². The van der Waals surface area contributed by atoms with E-state index in [-0.39, 0.29) is 5.88 Å². The van der Waals surface area contributed by atoms with E-state index in [0.717, 1.165) is 0 Å². The van der Waals surface area contributed by atoms with Gasteiger partial charge < -0.3 is 10.5 Å². The summed E-state index contributed by atoms with van der Waals surface area (Å²) in [5.41, 5.74) is 4.72. The summed E-state index contributed by atoms with van der Waals surface area (Å²) in [6.07, 6.45) is 3.90. The summed E-state index contributed by atoms with van der Waals surface area (Å²) in [5, 5.41) is 13.3. The molecule has 0 spiro atoms. The van der Waals surface area contributed by atoms with Crippen LogP contribution in [0.2, 0.25) is 0 Å². The molecule has 2 rings (SSSR count). The molecule has 0 saturated carbocycles. The number of hydrogen-bond acceptors (Lipinski definition) is 7. The fraction of sp³-hybridized carbons (Fsp3) is 0. The summed E-state index contributed by atoms with van der Waals surface area (Å²) in [6, 6.07) is 4.96. The number of nitrogens with zero attached hydrogens (tertiary/aromatic N) is 3. The minimum Gasteiger partial charge on any atom is -0.391 e. The van der Waals surface area contributed by atoms with Crippen molar-refractivity contribution in [3.63, 3.8) is 0 Å². The largest absolute Gasteiger partial charge is 0.411 e. The Morgan fingerprint density at radius 2 is 2.00 bits per heavy atom. The lowest BCUT2D eigenvalue weighted by Crippen LogP contribution is -2.16. The van der Waals surface area contributed by atoms with Crippen LogP contribution in [0, 0.1) is 0 Å². The van der Waals surface area contributed by atoms with Gasteiger partial charge in [-0.3, -0.25) is 5.10 Å². The van der Waals surface area contributed by atoms with E-state index < -0.39 is 17.0 Å². The second kappa shape index (κ2) is 10.6. The van der Waals surface area contributed by atoms with Gasteiger partial charge in [0.05, 0.1) is 6.20 Å². The van der Waals surface area contributed by atoms with Gasteiger partial charge in [-0.15, -0.1) is 5.10 Å². The van der Waals surface area contributed by atoms with Crippen LogP contribution in [0.15, 0.2) is 36.8 Å². The number of carbonyl (C=O) groups is 1. The van der Waals surface area contributed by atoms with Gasteiger partial charge in [0.1, 0.15) is 0 Å². The molecule has 0 atom stereocenters. The van der Waals surface area contributed by atoms with Gasteiger partial charge >= 0.3 is 6.09 Å². The topological polar surface area (TPSA) is 167 Å². The number of ether oxygens (including phenoxy) is 1. The van der Waals surface area contributed by atoms with Gasteiger partial charge in [-0.25, -0.2) is 23.3 Å². The Labute approximate surface area is 109 Å². The van der Waals surface area contributed by atoms with Crippen molar-refractivity contribution < 1.29 is 17.9 Å². The summed E-state index contributed by atoms with van der Waals surface area (Å²) < 4.78 is 22.1. The lowest BCUT2D eigenvalue weighted by atomic mass is 10.5. The van der Waals surface area contributed by atoms with Gasteiger partial charge in [0.25, 0.3) is 0 Å². The zero-order valence-electron chi connectivity index (χ0n) is 9.54. The Bertz CT molecular complexity index is 490. The van der Waals surface area contributed by atoms with Crippen LogP contribution in [0.25, 0.3) is 0 Å². The van der Waals surface area contributed by atoms with Gasteiger partial charge in [0.2, 0.25) is 5.88 Å². The molecule has 0 aliphatic heterocycles. The fourth-order valence-corrected chi connectivity index (χ4v) is 0.677. The molecule has 5 N–H and O–H groups in total. The summed E-state index contributed by atoms with van der Waals surface area (Å²) in [4.78, 5) is 13.8. The Hall–Kier alpha value is -2.53. The highest BCUT2D eigenvalue weighted by atomic mass is 32.2. The SMILES string of the molecule is NC(=O)Oc1ccccn1.N[SH](=O)=O.c1c[nH]nn1. The number of thiol groups is 1. The number of hydrogen-bond donors (Lipinski definition) is 4. The molecule has 19 heavy (non-hydrogen) atoms. The number of H-pyrrole nitrogens is 1. The number of rotatable bonds is 1. The standard InChI is InChI=1S/C6H6N2O2.C2H3N3.H3NO2S/c7-6(9)10-5-3-1-2-4-8-5;1-2-4-5-3-1;1-4(2)3/h1-4H,(H2,7,9);1-2H,(H,3,4,5);4H,(H2,1,2,3). The van der Waals surface area contributed by atoms with E-state index in [0.29, 0.717) is 0 Å².